The van der Waals surface area contributed by atoms with E-state index in [0.29, 0.717) is 11.6 Å². The molecular formula is C21H21F3N2O6S2. The van der Waals surface area contributed by atoms with Crippen LogP contribution in [0.25, 0.3) is 4.91 Å². The molecule has 184 valence electrons. The fourth-order valence-corrected chi connectivity index (χ4v) is 7.60. The molecule has 34 heavy (non-hydrogen) atoms. The first-order valence-electron chi connectivity index (χ1n) is 10.3. The molecule has 2 aliphatic rings. The molecule has 0 spiro atoms. The standard InChI is InChI=1S/C21H21F3N2O6S2/c22-21(23,24)16-11-14(25-32-16)15-7-8-17(33-15)34(30,31)26-20(18(28)29)12-19(20,9-4-10-27)13-5-2-1-3-6-13/h1-3,5-7,11,17,26-27H,4,8-10,12H2,(H,28,29). The molecule has 8 nitrogen and oxygen atoms in total. The molecule has 3 unspecified atom stereocenters. The minimum Gasteiger partial charge on any atom is -0.480 e. The van der Waals surface area contributed by atoms with Gasteiger partial charge in [0, 0.05) is 23.0 Å². The number of allylic oxidation sites excluding steroid dienone is 1. The van der Waals surface area contributed by atoms with E-state index in [9.17, 15) is 36.6 Å². The topological polar surface area (TPSA) is 130 Å². The van der Waals surface area contributed by atoms with Gasteiger partial charge in [0.15, 0.2) is 0 Å². The highest BCUT2D eigenvalue weighted by atomic mass is 32.3. The molecule has 1 saturated carbocycles. The van der Waals surface area contributed by atoms with Gasteiger partial charge in [-0.25, -0.2) is 8.42 Å². The second kappa shape index (κ2) is 8.70. The number of aliphatic hydroxyl groups is 1. The average Bonchev–Trinajstić information content (AvgIpc) is 3.16. The average molecular weight is 519 g/mol. The van der Waals surface area contributed by atoms with Gasteiger partial charge < -0.3 is 14.7 Å². The Morgan fingerprint density at radius 3 is 2.59 bits per heavy atom. The van der Waals surface area contributed by atoms with Gasteiger partial charge in [0.1, 0.15) is 15.8 Å². The van der Waals surface area contributed by atoms with Crippen LogP contribution >= 0.6 is 11.8 Å². The Hall–Kier alpha value is -2.35. The Morgan fingerprint density at radius 2 is 2.00 bits per heavy atom. The van der Waals surface area contributed by atoms with Gasteiger partial charge in [-0.3, -0.25) is 4.79 Å². The van der Waals surface area contributed by atoms with Gasteiger partial charge >= 0.3 is 12.1 Å². The maximum absolute atomic E-state index is 13.2. The summed E-state index contributed by atoms with van der Waals surface area (Å²) in [5.74, 6) is -2.63. The van der Waals surface area contributed by atoms with Crippen molar-refractivity contribution in [2.45, 2.75) is 47.4 Å². The molecule has 2 heterocycles. The maximum Gasteiger partial charge on any atom is 0.452 e. The number of benzene rings is 1. The zero-order chi connectivity index (χ0) is 24.8. The van der Waals surface area contributed by atoms with E-state index in [1.165, 1.54) is 6.08 Å². The number of carboxylic acid groups (broad SMARTS) is 1. The quantitative estimate of drug-likeness (QED) is 0.461. The summed E-state index contributed by atoms with van der Waals surface area (Å²) in [5, 5.41) is 22.8. The maximum atomic E-state index is 13.2. The van der Waals surface area contributed by atoms with Crippen molar-refractivity contribution < 1.29 is 41.1 Å². The lowest BCUT2D eigenvalue weighted by atomic mass is 9.86. The molecule has 1 aromatic heterocycles. The summed E-state index contributed by atoms with van der Waals surface area (Å²) in [5.41, 5.74) is -2.34. The van der Waals surface area contributed by atoms with Gasteiger partial charge in [0.05, 0.1) is 0 Å². The third-order valence-electron chi connectivity index (χ3n) is 6.17. The van der Waals surface area contributed by atoms with Crippen molar-refractivity contribution >= 4 is 32.7 Å². The Labute approximate surface area is 197 Å². The Bertz CT molecular complexity index is 1210. The Balaban J connectivity index is 1.56. The zero-order valence-corrected chi connectivity index (χ0v) is 19.2. The number of thioether (sulfide) groups is 1. The first kappa shape index (κ1) is 24.8. The number of rotatable bonds is 9. The third-order valence-corrected chi connectivity index (χ3v) is 9.82. The van der Waals surface area contributed by atoms with Crippen molar-refractivity contribution in [3.8, 4) is 0 Å². The summed E-state index contributed by atoms with van der Waals surface area (Å²) < 4.78 is 70.4. The van der Waals surface area contributed by atoms with Crippen LogP contribution < -0.4 is 4.72 Å². The van der Waals surface area contributed by atoms with Gasteiger partial charge in [-0.15, -0.1) is 11.8 Å². The minimum atomic E-state index is -4.72. The summed E-state index contributed by atoms with van der Waals surface area (Å²) in [6, 6.07) is 9.36. The smallest absolute Gasteiger partial charge is 0.452 e. The van der Waals surface area contributed by atoms with Crippen LogP contribution in [0.1, 0.15) is 42.7 Å². The van der Waals surface area contributed by atoms with Gasteiger partial charge in [-0.05, 0) is 31.2 Å². The number of aliphatic hydroxyl groups excluding tert-OH is 1. The van der Waals surface area contributed by atoms with Gasteiger partial charge in [-0.1, -0.05) is 41.6 Å². The van der Waals surface area contributed by atoms with Crippen LogP contribution in [-0.4, -0.2) is 46.5 Å². The summed E-state index contributed by atoms with van der Waals surface area (Å²) >= 11 is 0.777. The second-order valence-corrected chi connectivity index (χ2v) is 11.6. The molecule has 0 amide bonds. The first-order valence-corrected chi connectivity index (χ1v) is 12.7. The van der Waals surface area contributed by atoms with Crippen LogP contribution in [0.2, 0.25) is 0 Å². The number of nitrogens with one attached hydrogen (secondary N) is 1. The largest absolute Gasteiger partial charge is 0.480 e. The van der Waals surface area contributed by atoms with E-state index in [1.54, 1.807) is 30.3 Å². The van der Waals surface area contributed by atoms with E-state index in [4.69, 9.17) is 0 Å². The van der Waals surface area contributed by atoms with Crippen LogP contribution in [0.5, 0.6) is 0 Å². The lowest BCUT2D eigenvalue weighted by Crippen LogP contribution is -2.51. The minimum absolute atomic E-state index is 0.00841. The highest BCUT2D eigenvalue weighted by Crippen LogP contribution is 2.61. The molecule has 2 aromatic rings. The van der Waals surface area contributed by atoms with Crippen molar-refractivity contribution in [3.63, 3.8) is 0 Å². The summed E-state index contributed by atoms with van der Waals surface area (Å²) in [6.07, 6.45) is -2.80. The molecule has 0 bridgehead atoms. The number of carboxylic acids is 1. The van der Waals surface area contributed by atoms with Gasteiger partial charge in [-0.2, -0.15) is 17.9 Å². The number of sulfonamides is 1. The van der Waals surface area contributed by atoms with Crippen LogP contribution in [0.4, 0.5) is 13.2 Å². The number of nitrogens with zero attached hydrogens (tertiary/aromatic N) is 1. The van der Waals surface area contributed by atoms with Crippen molar-refractivity contribution in [1.29, 1.82) is 0 Å². The molecule has 1 fully saturated rings. The molecule has 3 atom stereocenters. The lowest BCUT2D eigenvalue weighted by Gasteiger charge is -2.25. The van der Waals surface area contributed by atoms with E-state index in [0.717, 1.165) is 11.8 Å². The summed E-state index contributed by atoms with van der Waals surface area (Å²) in [6.45, 7) is -0.180. The lowest BCUT2D eigenvalue weighted by molar-refractivity contribution is -0.155. The molecule has 3 N–H and O–H groups in total. The van der Waals surface area contributed by atoms with E-state index < -0.39 is 43.5 Å². The fraction of sp³-hybridized carbons (Fsp3) is 0.429. The van der Waals surface area contributed by atoms with Crippen molar-refractivity contribution in [1.82, 2.24) is 9.88 Å². The molecule has 4 rings (SSSR count). The van der Waals surface area contributed by atoms with Crippen LogP contribution in [-0.2, 0) is 26.4 Å². The number of alkyl halides is 3. The Morgan fingerprint density at radius 1 is 1.29 bits per heavy atom. The monoisotopic (exact) mass is 518 g/mol. The third kappa shape index (κ3) is 4.25. The number of hydrogen-bond acceptors (Lipinski definition) is 7. The van der Waals surface area contributed by atoms with E-state index >= 15 is 0 Å². The number of hydrogen-bond donors (Lipinski definition) is 3. The zero-order valence-electron chi connectivity index (χ0n) is 17.6. The van der Waals surface area contributed by atoms with E-state index in [1.807, 2.05) is 0 Å². The van der Waals surface area contributed by atoms with Gasteiger partial charge in [0.25, 0.3) is 0 Å². The highest BCUT2D eigenvalue weighted by molar-refractivity contribution is 8.18. The van der Waals surface area contributed by atoms with E-state index in [2.05, 4.69) is 14.4 Å². The van der Waals surface area contributed by atoms with E-state index in [-0.39, 0.29) is 42.9 Å². The van der Waals surface area contributed by atoms with Crippen LogP contribution in [0.3, 0.4) is 0 Å². The molecule has 1 aromatic carbocycles. The number of aromatic nitrogens is 1. The Kier molecular flexibility index (Phi) is 6.34. The first-order chi connectivity index (χ1) is 16.0. The fourth-order valence-electron chi connectivity index (χ4n) is 4.43. The molecular weight excluding hydrogens is 497 g/mol. The highest BCUT2D eigenvalue weighted by Gasteiger charge is 2.74. The molecule has 13 heteroatoms. The van der Waals surface area contributed by atoms with Crippen LogP contribution in [0.15, 0.2) is 47.0 Å². The SMILES string of the molecule is O=C(O)C1(NS(=O)(=O)C2CC=C(c3cc(C(F)(F)F)on3)S2)CC1(CCCO)c1ccccc1. The summed E-state index contributed by atoms with van der Waals surface area (Å²) in [4.78, 5) is 12.6. The van der Waals surface area contributed by atoms with Crippen molar-refractivity contribution in [2.75, 3.05) is 6.61 Å². The molecule has 0 radical (unpaired) electrons. The molecule has 0 saturated heterocycles. The predicted octanol–water partition coefficient (Wildman–Crippen LogP) is 3.35. The molecule has 1 aliphatic carbocycles. The molecule has 1 aliphatic heterocycles. The summed E-state index contributed by atoms with van der Waals surface area (Å²) in [7, 11) is -4.23. The van der Waals surface area contributed by atoms with Crippen molar-refractivity contribution in [2.24, 2.45) is 0 Å². The number of carbonyl (C=O) groups is 1. The normalized spacial score (nSPS) is 26.9. The predicted molar refractivity (Wildman–Crippen MR) is 117 cm³/mol. The second-order valence-electron chi connectivity index (χ2n) is 8.24. The van der Waals surface area contributed by atoms with Crippen LogP contribution in [0, 0.1) is 0 Å². The van der Waals surface area contributed by atoms with Crippen molar-refractivity contribution in [3.05, 3.63) is 59.5 Å². The van der Waals surface area contributed by atoms with Gasteiger partial charge in [0.2, 0.25) is 15.8 Å². The number of halogens is 3. The number of aliphatic carboxylic acids is 1.